The van der Waals surface area contributed by atoms with Crippen LogP contribution in [0.5, 0.6) is 0 Å². The first-order chi connectivity index (χ1) is 9.01. The Labute approximate surface area is 119 Å². The van der Waals surface area contributed by atoms with E-state index >= 15 is 0 Å². The highest BCUT2D eigenvalue weighted by Crippen LogP contribution is 2.39. The lowest BCUT2D eigenvalue weighted by Gasteiger charge is -2.36. The summed E-state index contributed by atoms with van der Waals surface area (Å²) in [4.78, 5) is 0. The first-order valence-corrected chi connectivity index (χ1v) is 7.30. The highest BCUT2D eigenvalue weighted by molar-refractivity contribution is 6.30. The van der Waals surface area contributed by atoms with E-state index < -0.39 is 0 Å². The molecular formula is C15H22ClFN2. The predicted molar refractivity (Wildman–Crippen MR) is 77.1 cm³/mol. The Bertz CT molecular complexity index is 428. The maximum absolute atomic E-state index is 13.6. The molecule has 0 aromatic heterocycles. The molecule has 3 N–H and O–H groups in total. The predicted octanol–water partition coefficient (Wildman–Crippen LogP) is 4.06. The first-order valence-electron chi connectivity index (χ1n) is 6.92. The Morgan fingerprint density at radius 2 is 1.89 bits per heavy atom. The van der Waals surface area contributed by atoms with Crippen molar-refractivity contribution in [3.63, 3.8) is 0 Å². The van der Waals surface area contributed by atoms with Gasteiger partial charge in [0.2, 0.25) is 0 Å². The van der Waals surface area contributed by atoms with Gasteiger partial charge in [-0.15, -0.1) is 0 Å². The Kier molecular flexibility index (Phi) is 4.82. The molecule has 3 atom stereocenters. The largest absolute Gasteiger partial charge is 0.271 e. The van der Waals surface area contributed by atoms with Crippen LogP contribution in [0.4, 0.5) is 4.39 Å². The quantitative estimate of drug-likeness (QED) is 0.649. The molecule has 1 aliphatic rings. The van der Waals surface area contributed by atoms with Crippen molar-refractivity contribution in [2.45, 2.75) is 39.2 Å². The van der Waals surface area contributed by atoms with E-state index in [0.717, 1.165) is 18.4 Å². The summed E-state index contributed by atoms with van der Waals surface area (Å²) in [5, 5.41) is 0.157. The number of benzene rings is 1. The summed E-state index contributed by atoms with van der Waals surface area (Å²) in [5.74, 6) is 7.17. The molecule has 0 spiro atoms. The molecule has 0 amide bonds. The van der Waals surface area contributed by atoms with Crippen molar-refractivity contribution in [1.82, 2.24) is 5.43 Å². The fourth-order valence-electron chi connectivity index (χ4n) is 3.49. The third kappa shape index (κ3) is 3.47. The summed E-state index contributed by atoms with van der Waals surface area (Å²) in [5.41, 5.74) is 3.75. The number of hydrogen-bond donors (Lipinski definition) is 2. The maximum Gasteiger partial charge on any atom is 0.142 e. The molecule has 1 fully saturated rings. The van der Waals surface area contributed by atoms with Gasteiger partial charge in [0.1, 0.15) is 5.82 Å². The lowest BCUT2D eigenvalue weighted by atomic mass is 9.72. The molecule has 19 heavy (non-hydrogen) atoms. The van der Waals surface area contributed by atoms with Crippen LogP contribution in [0.25, 0.3) is 0 Å². The van der Waals surface area contributed by atoms with Gasteiger partial charge in [0, 0.05) is 6.04 Å². The summed E-state index contributed by atoms with van der Waals surface area (Å²) in [6, 6.07) is 4.96. The zero-order chi connectivity index (χ0) is 14.0. The van der Waals surface area contributed by atoms with Crippen molar-refractivity contribution < 1.29 is 4.39 Å². The average molecular weight is 285 g/mol. The number of hydrogen-bond acceptors (Lipinski definition) is 2. The maximum atomic E-state index is 13.6. The van der Waals surface area contributed by atoms with Gasteiger partial charge in [-0.25, -0.2) is 4.39 Å². The summed E-state index contributed by atoms with van der Waals surface area (Å²) < 4.78 is 13.6. The molecule has 1 aromatic carbocycles. The number of nitrogens with two attached hydrogens (primary N) is 1. The molecule has 0 bridgehead atoms. The molecule has 106 valence electrons. The second-order valence-electron chi connectivity index (χ2n) is 6.00. The van der Waals surface area contributed by atoms with Gasteiger partial charge in [-0.1, -0.05) is 31.5 Å². The topological polar surface area (TPSA) is 38.0 Å². The van der Waals surface area contributed by atoms with Crippen LogP contribution in [0.1, 0.15) is 44.7 Å². The van der Waals surface area contributed by atoms with Crippen LogP contribution in [-0.2, 0) is 0 Å². The Morgan fingerprint density at radius 3 is 2.42 bits per heavy atom. The lowest BCUT2D eigenvalue weighted by Crippen LogP contribution is -2.37. The fourth-order valence-corrected chi connectivity index (χ4v) is 3.61. The summed E-state index contributed by atoms with van der Waals surface area (Å²) in [7, 11) is 0. The molecule has 1 aliphatic carbocycles. The third-order valence-corrected chi connectivity index (χ3v) is 4.48. The highest BCUT2D eigenvalue weighted by atomic mass is 35.5. The van der Waals surface area contributed by atoms with Gasteiger partial charge in [0.25, 0.3) is 0 Å². The van der Waals surface area contributed by atoms with E-state index in [4.69, 9.17) is 17.4 Å². The molecule has 0 heterocycles. The third-order valence-electron chi connectivity index (χ3n) is 4.17. The Hall–Kier alpha value is -0.640. The summed E-state index contributed by atoms with van der Waals surface area (Å²) in [6.07, 6.45) is 3.52. The van der Waals surface area contributed by atoms with Crippen LogP contribution in [0.15, 0.2) is 18.2 Å². The zero-order valence-corrected chi connectivity index (χ0v) is 12.3. The van der Waals surface area contributed by atoms with Crippen molar-refractivity contribution in [2.75, 3.05) is 0 Å². The van der Waals surface area contributed by atoms with Crippen LogP contribution in [0, 0.1) is 23.6 Å². The normalized spacial score (nSPS) is 29.2. The lowest BCUT2D eigenvalue weighted by molar-refractivity contribution is 0.177. The Balaban J connectivity index is 2.21. The second-order valence-corrected chi connectivity index (χ2v) is 6.40. The fraction of sp³-hybridized carbons (Fsp3) is 0.600. The molecule has 0 saturated heterocycles. The number of nitrogens with one attached hydrogen (secondary N) is 1. The zero-order valence-electron chi connectivity index (χ0n) is 11.5. The molecule has 1 saturated carbocycles. The standard InChI is InChI=1S/C15H22ClFN2/c1-9-5-10(2)7-12(6-9)15(19-18)11-3-4-13(16)14(17)8-11/h3-4,8-10,12,15,19H,5-7,18H2,1-2H3. The van der Waals surface area contributed by atoms with Crippen molar-refractivity contribution in [3.8, 4) is 0 Å². The number of halogens is 2. The van der Waals surface area contributed by atoms with Gasteiger partial charge in [-0.05, 0) is 54.7 Å². The van der Waals surface area contributed by atoms with E-state index in [1.54, 1.807) is 6.07 Å². The molecule has 3 unspecified atom stereocenters. The van der Waals surface area contributed by atoms with Gasteiger partial charge in [-0.2, -0.15) is 0 Å². The molecular weight excluding hydrogens is 263 g/mol. The minimum Gasteiger partial charge on any atom is -0.271 e. The summed E-state index contributed by atoms with van der Waals surface area (Å²) in [6.45, 7) is 4.55. The van der Waals surface area contributed by atoms with Crippen LogP contribution >= 0.6 is 11.6 Å². The van der Waals surface area contributed by atoms with Crippen molar-refractivity contribution in [2.24, 2.45) is 23.6 Å². The van der Waals surface area contributed by atoms with Crippen LogP contribution in [0.2, 0.25) is 5.02 Å². The van der Waals surface area contributed by atoms with Crippen LogP contribution < -0.4 is 11.3 Å². The SMILES string of the molecule is CC1CC(C)CC(C(NN)c2ccc(Cl)c(F)c2)C1. The molecule has 1 aromatic rings. The van der Waals surface area contributed by atoms with Crippen molar-refractivity contribution in [1.29, 1.82) is 0 Å². The van der Waals surface area contributed by atoms with Gasteiger partial charge >= 0.3 is 0 Å². The Morgan fingerprint density at radius 1 is 1.26 bits per heavy atom. The first kappa shape index (κ1) is 14.8. The molecule has 4 heteroatoms. The van der Waals surface area contributed by atoms with E-state index in [1.165, 1.54) is 12.5 Å². The van der Waals surface area contributed by atoms with Gasteiger partial charge in [-0.3, -0.25) is 11.3 Å². The van der Waals surface area contributed by atoms with Gasteiger partial charge in [0.15, 0.2) is 0 Å². The van der Waals surface area contributed by atoms with Crippen LogP contribution in [0.3, 0.4) is 0 Å². The smallest absolute Gasteiger partial charge is 0.142 e. The second kappa shape index (κ2) is 6.21. The average Bonchev–Trinajstić information content (AvgIpc) is 2.33. The monoisotopic (exact) mass is 284 g/mol. The van der Waals surface area contributed by atoms with Crippen molar-refractivity contribution >= 4 is 11.6 Å². The van der Waals surface area contributed by atoms with Gasteiger partial charge in [0.05, 0.1) is 5.02 Å². The van der Waals surface area contributed by atoms with E-state index in [0.29, 0.717) is 17.8 Å². The van der Waals surface area contributed by atoms with Crippen LogP contribution in [-0.4, -0.2) is 0 Å². The number of rotatable bonds is 3. The van der Waals surface area contributed by atoms with E-state index in [9.17, 15) is 4.39 Å². The van der Waals surface area contributed by atoms with E-state index in [-0.39, 0.29) is 16.9 Å². The molecule has 0 aliphatic heterocycles. The molecule has 0 radical (unpaired) electrons. The van der Waals surface area contributed by atoms with E-state index in [2.05, 4.69) is 19.3 Å². The highest BCUT2D eigenvalue weighted by Gasteiger charge is 2.30. The minimum atomic E-state index is -0.378. The van der Waals surface area contributed by atoms with E-state index in [1.807, 2.05) is 6.07 Å². The minimum absolute atomic E-state index is 0.00281. The van der Waals surface area contributed by atoms with Gasteiger partial charge < -0.3 is 0 Å². The van der Waals surface area contributed by atoms with Crippen molar-refractivity contribution in [3.05, 3.63) is 34.6 Å². The summed E-state index contributed by atoms with van der Waals surface area (Å²) >= 11 is 5.73. The molecule has 2 nitrogen and oxygen atoms in total. The number of hydrazine groups is 1. The molecule has 2 rings (SSSR count).